The van der Waals surface area contributed by atoms with Crippen molar-refractivity contribution in [1.82, 2.24) is 0 Å². The van der Waals surface area contributed by atoms with Crippen molar-refractivity contribution < 1.29 is 19.7 Å². The Bertz CT molecular complexity index is 85.6. The first-order chi connectivity index (χ1) is 8.41. The minimum Gasteiger partial charge on any atom is -0.396 e. The SMILES string of the molecule is C1CCOCC1.C1CCOCC1.OCCCO. The molecule has 0 aromatic rings. The summed E-state index contributed by atoms with van der Waals surface area (Å²) < 4.78 is 10.1. The van der Waals surface area contributed by atoms with Gasteiger partial charge in [-0.15, -0.1) is 0 Å². The standard InChI is InChI=1S/2C5H10O.C3H8O2/c2*1-2-4-6-5-3-1;4-2-1-3-5/h2*1-5H2;4-5H,1-3H2. The van der Waals surface area contributed by atoms with E-state index in [0.717, 1.165) is 26.4 Å². The van der Waals surface area contributed by atoms with Crippen LogP contribution in [0.15, 0.2) is 0 Å². The van der Waals surface area contributed by atoms with Crippen LogP contribution < -0.4 is 0 Å². The van der Waals surface area contributed by atoms with Gasteiger partial charge in [-0.2, -0.15) is 0 Å². The van der Waals surface area contributed by atoms with Crippen LogP contribution in [-0.4, -0.2) is 49.9 Å². The highest BCUT2D eigenvalue weighted by Crippen LogP contribution is 2.02. The van der Waals surface area contributed by atoms with Crippen LogP contribution in [0.25, 0.3) is 0 Å². The van der Waals surface area contributed by atoms with Crippen LogP contribution in [0.1, 0.15) is 44.9 Å². The molecule has 0 spiro atoms. The summed E-state index contributed by atoms with van der Waals surface area (Å²) in [5.41, 5.74) is 0. The summed E-state index contributed by atoms with van der Waals surface area (Å²) >= 11 is 0. The van der Waals surface area contributed by atoms with Crippen LogP contribution in [0.4, 0.5) is 0 Å². The number of aliphatic hydroxyl groups excluding tert-OH is 2. The summed E-state index contributed by atoms with van der Waals surface area (Å²) in [7, 11) is 0. The van der Waals surface area contributed by atoms with Crippen LogP contribution in [0, 0.1) is 0 Å². The van der Waals surface area contributed by atoms with Crippen LogP contribution in [-0.2, 0) is 9.47 Å². The van der Waals surface area contributed by atoms with Crippen molar-refractivity contribution >= 4 is 0 Å². The van der Waals surface area contributed by atoms with E-state index in [1.807, 2.05) is 0 Å². The first-order valence-corrected chi connectivity index (χ1v) is 6.79. The molecule has 0 aliphatic carbocycles. The van der Waals surface area contributed by atoms with E-state index in [4.69, 9.17) is 19.7 Å². The number of rotatable bonds is 2. The van der Waals surface area contributed by atoms with Gasteiger partial charge in [-0.3, -0.25) is 0 Å². The van der Waals surface area contributed by atoms with E-state index in [-0.39, 0.29) is 13.2 Å². The largest absolute Gasteiger partial charge is 0.396 e. The summed E-state index contributed by atoms with van der Waals surface area (Å²) in [5.74, 6) is 0. The van der Waals surface area contributed by atoms with Crippen LogP contribution in [0.2, 0.25) is 0 Å². The summed E-state index contributed by atoms with van der Waals surface area (Å²) in [5, 5.41) is 15.8. The molecule has 2 saturated heterocycles. The van der Waals surface area contributed by atoms with Crippen molar-refractivity contribution in [3.8, 4) is 0 Å². The van der Waals surface area contributed by atoms with Crippen molar-refractivity contribution in [2.75, 3.05) is 39.6 Å². The second-order valence-electron chi connectivity index (χ2n) is 4.15. The lowest BCUT2D eigenvalue weighted by molar-refractivity contribution is 0.0967. The number of hydrogen-bond acceptors (Lipinski definition) is 4. The van der Waals surface area contributed by atoms with Crippen LogP contribution >= 0.6 is 0 Å². The first kappa shape index (κ1) is 16.8. The van der Waals surface area contributed by atoms with E-state index >= 15 is 0 Å². The molecule has 0 unspecified atom stereocenters. The van der Waals surface area contributed by atoms with E-state index < -0.39 is 0 Å². The van der Waals surface area contributed by atoms with Crippen molar-refractivity contribution in [3.05, 3.63) is 0 Å². The normalized spacial score (nSPS) is 19.4. The molecule has 0 saturated carbocycles. The van der Waals surface area contributed by atoms with Gasteiger partial charge >= 0.3 is 0 Å². The summed E-state index contributed by atoms with van der Waals surface area (Å²) in [6.45, 7) is 4.19. The highest BCUT2D eigenvalue weighted by atomic mass is 16.5. The molecule has 4 nitrogen and oxygen atoms in total. The van der Waals surface area contributed by atoms with Gasteiger partial charge in [-0.05, 0) is 44.9 Å². The number of hydrogen-bond donors (Lipinski definition) is 2. The van der Waals surface area contributed by atoms with E-state index in [9.17, 15) is 0 Å². The minimum atomic E-state index is 0.0938. The molecular weight excluding hydrogens is 220 g/mol. The van der Waals surface area contributed by atoms with Gasteiger partial charge in [0.25, 0.3) is 0 Å². The molecule has 104 valence electrons. The topological polar surface area (TPSA) is 58.9 Å². The highest BCUT2D eigenvalue weighted by molar-refractivity contribution is 4.45. The lowest BCUT2D eigenvalue weighted by Gasteiger charge is -2.08. The van der Waals surface area contributed by atoms with Gasteiger partial charge in [-0.1, -0.05) is 0 Å². The van der Waals surface area contributed by atoms with Gasteiger partial charge in [-0.25, -0.2) is 0 Å². The van der Waals surface area contributed by atoms with E-state index in [1.54, 1.807) is 0 Å². The fraction of sp³-hybridized carbons (Fsp3) is 1.00. The van der Waals surface area contributed by atoms with E-state index in [1.165, 1.54) is 38.5 Å². The Hall–Kier alpha value is -0.160. The predicted molar refractivity (Wildman–Crippen MR) is 68.1 cm³/mol. The summed E-state index contributed by atoms with van der Waals surface area (Å²) in [6.07, 6.45) is 8.36. The second kappa shape index (κ2) is 15.8. The van der Waals surface area contributed by atoms with Crippen LogP contribution in [0.3, 0.4) is 0 Å². The average Bonchev–Trinajstić information content (AvgIpc) is 2.45. The van der Waals surface area contributed by atoms with Gasteiger partial charge < -0.3 is 19.7 Å². The molecule has 2 fully saturated rings. The Kier molecular flexibility index (Phi) is 15.7. The molecule has 0 aromatic carbocycles. The predicted octanol–water partition coefficient (Wildman–Crippen LogP) is 1.73. The zero-order valence-corrected chi connectivity index (χ0v) is 10.9. The van der Waals surface area contributed by atoms with Gasteiger partial charge in [0, 0.05) is 39.6 Å². The molecule has 2 aliphatic rings. The van der Waals surface area contributed by atoms with Crippen LogP contribution in [0.5, 0.6) is 0 Å². The average molecular weight is 248 g/mol. The van der Waals surface area contributed by atoms with Crippen molar-refractivity contribution in [3.63, 3.8) is 0 Å². The molecule has 2 aliphatic heterocycles. The van der Waals surface area contributed by atoms with Gasteiger partial charge in [0.15, 0.2) is 0 Å². The van der Waals surface area contributed by atoms with Gasteiger partial charge in [0.1, 0.15) is 0 Å². The fourth-order valence-corrected chi connectivity index (χ4v) is 1.44. The van der Waals surface area contributed by atoms with Crippen molar-refractivity contribution in [2.24, 2.45) is 0 Å². The molecule has 0 radical (unpaired) electrons. The Morgan fingerprint density at radius 2 is 0.941 bits per heavy atom. The zero-order chi connectivity index (χ0) is 12.6. The smallest absolute Gasteiger partial charge is 0.0466 e. The lowest BCUT2D eigenvalue weighted by Crippen LogP contribution is -2.03. The maximum absolute atomic E-state index is 7.91. The zero-order valence-electron chi connectivity index (χ0n) is 10.9. The first-order valence-electron chi connectivity index (χ1n) is 6.79. The monoisotopic (exact) mass is 248 g/mol. The molecule has 0 aromatic heterocycles. The third-order valence-corrected chi connectivity index (χ3v) is 2.47. The molecule has 17 heavy (non-hydrogen) atoms. The third kappa shape index (κ3) is 15.8. The highest BCUT2D eigenvalue weighted by Gasteiger charge is 1.95. The summed E-state index contributed by atoms with van der Waals surface area (Å²) in [4.78, 5) is 0. The molecule has 2 rings (SSSR count). The fourth-order valence-electron chi connectivity index (χ4n) is 1.44. The molecule has 0 amide bonds. The Labute approximate surface area is 105 Å². The maximum atomic E-state index is 7.91. The Balaban J connectivity index is 0.000000228. The number of ether oxygens (including phenoxy) is 2. The van der Waals surface area contributed by atoms with Crippen molar-refractivity contribution in [2.45, 2.75) is 44.9 Å². The quantitative estimate of drug-likeness (QED) is 0.781. The van der Waals surface area contributed by atoms with E-state index in [0.29, 0.717) is 6.42 Å². The van der Waals surface area contributed by atoms with Crippen molar-refractivity contribution in [1.29, 1.82) is 0 Å². The third-order valence-electron chi connectivity index (χ3n) is 2.47. The molecule has 2 heterocycles. The minimum absolute atomic E-state index is 0.0938. The molecule has 0 atom stereocenters. The van der Waals surface area contributed by atoms with E-state index in [2.05, 4.69) is 0 Å². The molecule has 0 bridgehead atoms. The molecule has 4 heteroatoms. The second-order valence-corrected chi connectivity index (χ2v) is 4.15. The Morgan fingerprint density at radius 3 is 1.00 bits per heavy atom. The van der Waals surface area contributed by atoms with Gasteiger partial charge in [0.05, 0.1) is 0 Å². The molecule has 2 N–H and O–H groups in total. The maximum Gasteiger partial charge on any atom is 0.0466 e. The number of aliphatic hydroxyl groups is 2. The molecular formula is C13H28O4. The van der Waals surface area contributed by atoms with Gasteiger partial charge in [0.2, 0.25) is 0 Å². The summed E-state index contributed by atoms with van der Waals surface area (Å²) in [6, 6.07) is 0. The lowest BCUT2D eigenvalue weighted by atomic mass is 10.2. The Morgan fingerprint density at radius 1 is 0.588 bits per heavy atom.